The number of nitrogens with zero attached hydrogens (tertiary/aromatic N) is 2. The van der Waals surface area contributed by atoms with Crippen molar-refractivity contribution in [2.45, 2.75) is 18.9 Å². The maximum atomic E-state index is 13.6. The Balaban J connectivity index is 1.75. The zero-order chi connectivity index (χ0) is 23.8. The Morgan fingerprint density at radius 3 is 2.62 bits per heavy atom. The third-order valence-electron chi connectivity index (χ3n) is 6.36. The predicted octanol–water partition coefficient (Wildman–Crippen LogP) is 4.18. The standard InChI is InChI=1S/C26H25N3O5/c1-32-15-10-11-22(33-2)18(13-15)24-23-17(16-7-4-5-8-19(16)27-23)14-20(28-24)25(30)29-12-6-9-21(29)26(31)34-3/h4-5,7-8,10-11,13-14,21,27H,6,9,12H2,1-3H3/t21-/m0/s1. The fourth-order valence-electron chi connectivity index (χ4n) is 4.69. The van der Waals surface area contributed by atoms with Crippen LogP contribution < -0.4 is 9.47 Å². The Morgan fingerprint density at radius 1 is 1.03 bits per heavy atom. The summed E-state index contributed by atoms with van der Waals surface area (Å²) < 4.78 is 16.0. The van der Waals surface area contributed by atoms with Gasteiger partial charge in [-0.25, -0.2) is 9.78 Å². The van der Waals surface area contributed by atoms with Gasteiger partial charge in [0.1, 0.15) is 23.2 Å². The van der Waals surface area contributed by atoms with Gasteiger partial charge in [-0.1, -0.05) is 18.2 Å². The maximum absolute atomic E-state index is 13.6. The van der Waals surface area contributed by atoms with Crippen molar-refractivity contribution in [1.29, 1.82) is 0 Å². The largest absolute Gasteiger partial charge is 0.497 e. The average Bonchev–Trinajstić information content (AvgIpc) is 3.52. The molecule has 0 aliphatic carbocycles. The number of nitrogens with one attached hydrogen (secondary N) is 1. The van der Waals surface area contributed by atoms with Crippen molar-refractivity contribution in [3.63, 3.8) is 0 Å². The van der Waals surface area contributed by atoms with Crippen LogP contribution in [0.1, 0.15) is 23.3 Å². The number of methoxy groups -OCH3 is 3. The molecule has 1 saturated heterocycles. The van der Waals surface area contributed by atoms with E-state index in [0.717, 1.165) is 28.2 Å². The zero-order valence-electron chi connectivity index (χ0n) is 19.3. The Hall–Kier alpha value is -4.07. The van der Waals surface area contributed by atoms with Crippen molar-refractivity contribution in [1.82, 2.24) is 14.9 Å². The summed E-state index contributed by atoms with van der Waals surface area (Å²) in [4.78, 5) is 35.7. The lowest BCUT2D eigenvalue weighted by molar-refractivity contribution is -0.145. The van der Waals surface area contributed by atoms with Crippen LogP contribution in [-0.4, -0.2) is 60.7 Å². The van der Waals surface area contributed by atoms with Gasteiger partial charge in [-0.2, -0.15) is 0 Å². The van der Waals surface area contributed by atoms with Crippen LogP contribution in [0.4, 0.5) is 0 Å². The molecule has 0 unspecified atom stereocenters. The summed E-state index contributed by atoms with van der Waals surface area (Å²) in [6.07, 6.45) is 1.31. The van der Waals surface area contributed by atoms with Crippen LogP contribution in [0.2, 0.25) is 0 Å². The molecule has 1 amide bonds. The third kappa shape index (κ3) is 3.51. The molecule has 3 heterocycles. The molecule has 8 nitrogen and oxygen atoms in total. The van der Waals surface area contributed by atoms with Gasteiger partial charge in [-0.3, -0.25) is 4.79 Å². The van der Waals surface area contributed by atoms with Crippen LogP contribution in [0, 0.1) is 0 Å². The number of ether oxygens (including phenoxy) is 3. The molecular weight excluding hydrogens is 434 g/mol. The van der Waals surface area contributed by atoms with Gasteiger partial charge in [0.15, 0.2) is 0 Å². The molecule has 1 fully saturated rings. The van der Waals surface area contributed by atoms with E-state index < -0.39 is 12.0 Å². The van der Waals surface area contributed by atoms with Crippen molar-refractivity contribution in [3.8, 4) is 22.8 Å². The lowest BCUT2D eigenvalue weighted by atomic mass is 10.0. The second-order valence-electron chi connectivity index (χ2n) is 8.20. The highest BCUT2D eigenvalue weighted by Gasteiger charge is 2.36. The van der Waals surface area contributed by atoms with Crippen molar-refractivity contribution >= 4 is 33.7 Å². The maximum Gasteiger partial charge on any atom is 0.328 e. The highest BCUT2D eigenvalue weighted by atomic mass is 16.5. The molecule has 174 valence electrons. The fraction of sp³-hybridized carbons (Fsp3) is 0.269. The normalized spacial score (nSPS) is 15.6. The molecule has 2 aromatic carbocycles. The summed E-state index contributed by atoms with van der Waals surface area (Å²) in [5, 5.41) is 1.84. The van der Waals surface area contributed by atoms with E-state index in [1.165, 1.54) is 7.11 Å². The highest BCUT2D eigenvalue weighted by Crippen LogP contribution is 2.39. The number of aromatic amines is 1. The van der Waals surface area contributed by atoms with E-state index in [2.05, 4.69) is 4.98 Å². The van der Waals surface area contributed by atoms with Gasteiger partial charge in [0.2, 0.25) is 0 Å². The minimum Gasteiger partial charge on any atom is -0.497 e. The van der Waals surface area contributed by atoms with Gasteiger partial charge >= 0.3 is 5.97 Å². The molecule has 2 aromatic heterocycles. The number of esters is 1. The summed E-state index contributed by atoms with van der Waals surface area (Å²) in [5.74, 6) is 0.534. The number of amides is 1. The second kappa shape index (κ2) is 8.70. The van der Waals surface area contributed by atoms with Crippen LogP contribution in [0.3, 0.4) is 0 Å². The van der Waals surface area contributed by atoms with Crippen LogP contribution in [0.15, 0.2) is 48.5 Å². The number of H-pyrrole nitrogens is 1. The molecule has 8 heteroatoms. The lowest BCUT2D eigenvalue weighted by Crippen LogP contribution is -2.41. The minimum atomic E-state index is -0.604. The number of rotatable bonds is 5. The van der Waals surface area contributed by atoms with E-state index in [1.54, 1.807) is 25.2 Å². The quantitative estimate of drug-likeness (QED) is 0.450. The summed E-state index contributed by atoms with van der Waals surface area (Å²) >= 11 is 0. The number of carbonyl (C=O) groups excluding carboxylic acids is 2. The van der Waals surface area contributed by atoms with Gasteiger partial charge in [-0.05, 0) is 43.2 Å². The summed E-state index contributed by atoms with van der Waals surface area (Å²) in [7, 11) is 4.53. The van der Waals surface area contributed by atoms with Crippen LogP contribution in [-0.2, 0) is 9.53 Å². The first-order chi connectivity index (χ1) is 16.5. The van der Waals surface area contributed by atoms with E-state index in [4.69, 9.17) is 19.2 Å². The first kappa shape index (κ1) is 21.8. The second-order valence-corrected chi connectivity index (χ2v) is 8.20. The number of fused-ring (bicyclic) bond motifs is 3. The zero-order valence-corrected chi connectivity index (χ0v) is 19.3. The molecule has 0 radical (unpaired) electrons. The third-order valence-corrected chi connectivity index (χ3v) is 6.36. The smallest absolute Gasteiger partial charge is 0.328 e. The number of carbonyl (C=O) groups is 2. The van der Waals surface area contributed by atoms with Gasteiger partial charge in [0, 0.05) is 28.4 Å². The molecule has 1 aliphatic rings. The number of likely N-dealkylation sites (tertiary alicyclic amines) is 1. The van der Waals surface area contributed by atoms with Crippen molar-refractivity contribution in [2.24, 2.45) is 0 Å². The molecule has 0 saturated carbocycles. The van der Waals surface area contributed by atoms with Crippen molar-refractivity contribution < 1.29 is 23.8 Å². The first-order valence-corrected chi connectivity index (χ1v) is 11.1. The van der Waals surface area contributed by atoms with Crippen LogP contribution >= 0.6 is 0 Å². The average molecular weight is 460 g/mol. The highest BCUT2D eigenvalue weighted by molar-refractivity contribution is 6.13. The number of benzene rings is 2. The Morgan fingerprint density at radius 2 is 1.85 bits per heavy atom. The van der Waals surface area contributed by atoms with Gasteiger partial charge < -0.3 is 24.1 Å². The van der Waals surface area contributed by atoms with Gasteiger partial charge in [0.05, 0.1) is 32.5 Å². The molecule has 1 aliphatic heterocycles. The van der Waals surface area contributed by atoms with E-state index in [-0.39, 0.29) is 11.6 Å². The van der Waals surface area contributed by atoms with E-state index in [0.29, 0.717) is 35.7 Å². The molecule has 0 bridgehead atoms. The lowest BCUT2D eigenvalue weighted by Gasteiger charge is -2.22. The van der Waals surface area contributed by atoms with E-state index >= 15 is 0 Å². The minimum absolute atomic E-state index is 0.257. The summed E-state index contributed by atoms with van der Waals surface area (Å²) in [6, 6.07) is 14.5. The number of para-hydroxylation sites is 1. The summed E-state index contributed by atoms with van der Waals surface area (Å²) in [5.41, 5.74) is 3.24. The molecule has 5 rings (SSSR count). The van der Waals surface area contributed by atoms with Crippen LogP contribution in [0.25, 0.3) is 33.1 Å². The molecule has 34 heavy (non-hydrogen) atoms. The Labute approximate surface area is 196 Å². The van der Waals surface area contributed by atoms with E-state index in [9.17, 15) is 9.59 Å². The first-order valence-electron chi connectivity index (χ1n) is 11.1. The number of aromatic nitrogens is 2. The number of hydrogen-bond donors (Lipinski definition) is 1. The van der Waals surface area contributed by atoms with Gasteiger partial charge in [0.25, 0.3) is 5.91 Å². The predicted molar refractivity (Wildman–Crippen MR) is 128 cm³/mol. The molecular formula is C26H25N3O5. The Kier molecular flexibility index (Phi) is 5.57. The van der Waals surface area contributed by atoms with Crippen molar-refractivity contribution in [2.75, 3.05) is 27.9 Å². The summed E-state index contributed by atoms with van der Waals surface area (Å²) in [6.45, 7) is 0.476. The Bertz CT molecular complexity index is 1410. The fourth-order valence-corrected chi connectivity index (χ4v) is 4.69. The number of hydrogen-bond acceptors (Lipinski definition) is 6. The number of pyridine rings is 1. The SMILES string of the molecule is COC(=O)[C@@H]1CCCN1C(=O)c1cc2c([nH]c3ccccc32)c(-c2cc(OC)ccc2OC)n1. The van der Waals surface area contributed by atoms with Gasteiger partial charge in [-0.15, -0.1) is 0 Å². The molecule has 1 atom stereocenters. The van der Waals surface area contributed by atoms with Crippen LogP contribution in [0.5, 0.6) is 11.5 Å². The topological polar surface area (TPSA) is 93.8 Å². The van der Waals surface area contributed by atoms with E-state index in [1.807, 2.05) is 42.5 Å². The molecule has 1 N–H and O–H groups in total. The molecule has 4 aromatic rings. The molecule has 0 spiro atoms. The monoisotopic (exact) mass is 459 g/mol. The van der Waals surface area contributed by atoms with Crippen molar-refractivity contribution in [3.05, 3.63) is 54.2 Å².